The molecule has 0 aromatic heterocycles. The van der Waals surface area contributed by atoms with Gasteiger partial charge in [0.25, 0.3) is 0 Å². The molecule has 0 saturated carbocycles. The van der Waals surface area contributed by atoms with Crippen molar-refractivity contribution in [3.63, 3.8) is 0 Å². The number of nitrogens with two attached hydrogens (primary N) is 1. The standard InChI is InChI=1S/C14H24ClNOSi/c1-14(2,3)18(4,5)17-10-13(16)11-8-6-7-9-12(11)15/h6-9,13H,10,16H2,1-5H3/t13-/m0/s1. The Balaban J connectivity index is 2.68. The lowest BCUT2D eigenvalue weighted by Gasteiger charge is -2.37. The van der Waals surface area contributed by atoms with Crippen LogP contribution >= 0.6 is 11.6 Å². The molecule has 1 aromatic rings. The van der Waals surface area contributed by atoms with Crippen molar-refractivity contribution in [2.45, 2.75) is 44.9 Å². The summed E-state index contributed by atoms with van der Waals surface area (Å²) < 4.78 is 6.12. The second kappa shape index (κ2) is 5.74. The third-order valence-electron chi connectivity index (χ3n) is 3.73. The van der Waals surface area contributed by atoms with Gasteiger partial charge in [-0.1, -0.05) is 50.6 Å². The van der Waals surface area contributed by atoms with Crippen LogP contribution in [-0.4, -0.2) is 14.9 Å². The second-order valence-electron chi connectivity index (χ2n) is 6.20. The van der Waals surface area contributed by atoms with Crippen LogP contribution in [0.25, 0.3) is 0 Å². The van der Waals surface area contributed by atoms with Gasteiger partial charge in [0.2, 0.25) is 0 Å². The summed E-state index contributed by atoms with van der Waals surface area (Å²) in [5.74, 6) is 0. The Morgan fingerprint density at radius 1 is 1.28 bits per heavy atom. The number of halogens is 1. The van der Waals surface area contributed by atoms with Crippen LogP contribution in [0.2, 0.25) is 23.2 Å². The first-order valence-electron chi connectivity index (χ1n) is 6.29. The van der Waals surface area contributed by atoms with E-state index >= 15 is 0 Å². The smallest absolute Gasteiger partial charge is 0.192 e. The van der Waals surface area contributed by atoms with Crippen molar-refractivity contribution in [1.29, 1.82) is 0 Å². The van der Waals surface area contributed by atoms with E-state index in [2.05, 4.69) is 33.9 Å². The zero-order chi connectivity index (χ0) is 14.0. The fourth-order valence-electron chi connectivity index (χ4n) is 1.38. The highest BCUT2D eigenvalue weighted by Gasteiger charge is 2.37. The Morgan fingerprint density at radius 2 is 1.83 bits per heavy atom. The fourth-order valence-corrected chi connectivity index (χ4v) is 2.69. The van der Waals surface area contributed by atoms with Gasteiger partial charge in [-0.15, -0.1) is 0 Å². The van der Waals surface area contributed by atoms with Crippen molar-refractivity contribution in [2.75, 3.05) is 6.61 Å². The molecule has 102 valence electrons. The molecule has 0 aliphatic rings. The summed E-state index contributed by atoms with van der Waals surface area (Å²) in [5.41, 5.74) is 7.12. The van der Waals surface area contributed by atoms with E-state index in [0.717, 1.165) is 5.56 Å². The van der Waals surface area contributed by atoms with Gasteiger partial charge in [0.15, 0.2) is 8.32 Å². The first-order chi connectivity index (χ1) is 8.15. The maximum absolute atomic E-state index is 6.16. The average Bonchev–Trinajstić information content (AvgIpc) is 2.25. The Morgan fingerprint density at radius 3 is 2.33 bits per heavy atom. The predicted octanol–water partition coefficient (Wildman–Crippen LogP) is 4.36. The van der Waals surface area contributed by atoms with Crippen LogP contribution in [0.4, 0.5) is 0 Å². The van der Waals surface area contributed by atoms with Gasteiger partial charge in [0.1, 0.15) is 0 Å². The highest BCUT2D eigenvalue weighted by atomic mass is 35.5. The largest absolute Gasteiger partial charge is 0.415 e. The fraction of sp³-hybridized carbons (Fsp3) is 0.571. The van der Waals surface area contributed by atoms with E-state index < -0.39 is 8.32 Å². The van der Waals surface area contributed by atoms with Gasteiger partial charge in [0.05, 0.1) is 12.6 Å². The molecular formula is C14H24ClNOSi. The molecule has 0 amide bonds. The van der Waals surface area contributed by atoms with Crippen LogP contribution in [0.5, 0.6) is 0 Å². The van der Waals surface area contributed by atoms with Gasteiger partial charge in [-0.05, 0) is 29.8 Å². The molecule has 2 N–H and O–H groups in total. The van der Waals surface area contributed by atoms with Crippen LogP contribution in [0.1, 0.15) is 32.4 Å². The Labute approximate surface area is 117 Å². The van der Waals surface area contributed by atoms with Gasteiger partial charge < -0.3 is 10.2 Å². The van der Waals surface area contributed by atoms with Gasteiger partial charge in [0, 0.05) is 5.02 Å². The first kappa shape index (κ1) is 15.7. The monoisotopic (exact) mass is 285 g/mol. The molecule has 1 atom stereocenters. The molecule has 1 rings (SSSR count). The van der Waals surface area contributed by atoms with E-state index in [9.17, 15) is 0 Å². The van der Waals surface area contributed by atoms with Crippen molar-refractivity contribution in [1.82, 2.24) is 0 Å². The van der Waals surface area contributed by atoms with Crippen LogP contribution in [0.3, 0.4) is 0 Å². The summed E-state index contributed by atoms with van der Waals surface area (Å²) in [5, 5.41) is 0.913. The Hall–Kier alpha value is -0.353. The molecule has 0 heterocycles. The number of rotatable bonds is 4. The van der Waals surface area contributed by atoms with Gasteiger partial charge >= 0.3 is 0 Å². The zero-order valence-electron chi connectivity index (χ0n) is 12.0. The van der Waals surface area contributed by atoms with Gasteiger partial charge in [-0.3, -0.25) is 0 Å². The van der Waals surface area contributed by atoms with E-state index in [0.29, 0.717) is 11.6 Å². The van der Waals surface area contributed by atoms with Gasteiger partial charge in [-0.2, -0.15) is 0 Å². The van der Waals surface area contributed by atoms with Crippen molar-refractivity contribution in [2.24, 2.45) is 5.73 Å². The quantitative estimate of drug-likeness (QED) is 0.834. The minimum atomic E-state index is -1.74. The summed E-state index contributed by atoms with van der Waals surface area (Å²) in [6.07, 6.45) is 0. The average molecular weight is 286 g/mol. The van der Waals surface area contributed by atoms with E-state index in [1.807, 2.05) is 24.3 Å². The molecule has 2 nitrogen and oxygen atoms in total. The highest BCUT2D eigenvalue weighted by molar-refractivity contribution is 6.74. The number of hydrogen-bond acceptors (Lipinski definition) is 2. The number of benzene rings is 1. The van der Waals surface area contributed by atoms with Crippen LogP contribution in [0.15, 0.2) is 24.3 Å². The SMILES string of the molecule is CC(C)(C)[Si](C)(C)OC[C@H](N)c1ccccc1Cl. The molecule has 1 aromatic carbocycles. The molecule has 0 radical (unpaired) electrons. The predicted molar refractivity (Wildman–Crippen MR) is 81.5 cm³/mol. The summed E-state index contributed by atoms with van der Waals surface area (Å²) in [4.78, 5) is 0. The minimum absolute atomic E-state index is 0.159. The molecule has 0 saturated heterocycles. The molecule has 0 aliphatic carbocycles. The van der Waals surface area contributed by atoms with E-state index in [4.69, 9.17) is 21.8 Å². The molecule has 0 fully saturated rings. The van der Waals surface area contributed by atoms with Crippen molar-refractivity contribution in [3.05, 3.63) is 34.9 Å². The first-order valence-corrected chi connectivity index (χ1v) is 9.58. The molecule has 4 heteroatoms. The lowest BCUT2D eigenvalue weighted by molar-refractivity contribution is 0.264. The van der Waals surface area contributed by atoms with Crippen molar-refractivity contribution < 1.29 is 4.43 Å². The Bertz CT molecular complexity index is 401. The molecule has 0 aliphatic heterocycles. The third-order valence-corrected chi connectivity index (χ3v) is 8.58. The van der Waals surface area contributed by atoms with Crippen molar-refractivity contribution in [3.8, 4) is 0 Å². The minimum Gasteiger partial charge on any atom is -0.415 e. The summed E-state index contributed by atoms with van der Waals surface area (Å²) in [7, 11) is -1.74. The van der Waals surface area contributed by atoms with Crippen LogP contribution in [0, 0.1) is 0 Å². The lowest BCUT2D eigenvalue weighted by Crippen LogP contribution is -2.42. The van der Waals surface area contributed by atoms with Crippen LogP contribution in [-0.2, 0) is 4.43 Å². The topological polar surface area (TPSA) is 35.2 Å². The zero-order valence-corrected chi connectivity index (χ0v) is 13.7. The molecular weight excluding hydrogens is 262 g/mol. The normalized spacial score (nSPS) is 14.6. The molecule has 0 bridgehead atoms. The third kappa shape index (κ3) is 3.82. The molecule has 18 heavy (non-hydrogen) atoms. The van der Waals surface area contributed by atoms with E-state index in [-0.39, 0.29) is 11.1 Å². The van der Waals surface area contributed by atoms with Crippen LogP contribution < -0.4 is 5.73 Å². The van der Waals surface area contributed by atoms with Gasteiger partial charge in [-0.25, -0.2) is 0 Å². The molecule has 0 spiro atoms. The van der Waals surface area contributed by atoms with Crippen molar-refractivity contribution >= 4 is 19.9 Å². The maximum atomic E-state index is 6.16. The summed E-state index contributed by atoms with van der Waals surface area (Å²) >= 11 is 6.13. The lowest BCUT2D eigenvalue weighted by atomic mass is 10.1. The maximum Gasteiger partial charge on any atom is 0.192 e. The molecule has 0 unspecified atom stereocenters. The van der Waals surface area contributed by atoms with E-state index in [1.165, 1.54) is 0 Å². The van der Waals surface area contributed by atoms with E-state index in [1.54, 1.807) is 0 Å². The summed E-state index contributed by atoms with van der Waals surface area (Å²) in [6, 6.07) is 7.53. The number of hydrogen-bond donors (Lipinski definition) is 1. The Kier molecular flexibility index (Phi) is 5.01. The highest BCUT2D eigenvalue weighted by Crippen LogP contribution is 2.37. The second-order valence-corrected chi connectivity index (χ2v) is 11.4. The summed E-state index contributed by atoms with van der Waals surface area (Å²) in [6.45, 7) is 11.7.